The first-order valence-corrected chi connectivity index (χ1v) is 4.74. The Morgan fingerprint density at radius 1 is 1.25 bits per heavy atom. The van der Waals surface area contributed by atoms with E-state index in [1.807, 2.05) is 0 Å². The van der Waals surface area contributed by atoms with E-state index >= 15 is 0 Å². The largest absolute Gasteiger partial charge is 0.0617 e. The molecule has 0 aliphatic rings. The predicted molar refractivity (Wildman–Crippen MR) is 54.1 cm³/mol. The van der Waals surface area contributed by atoms with Crippen LogP contribution in [0, 0.1) is 6.92 Å². The van der Waals surface area contributed by atoms with E-state index in [-0.39, 0.29) is 0 Å². The molecular weight excluding hydrogens is 144 g/mol. The van der Waals surface area contributed by atoms with Gasteiger partial charge in [-0.2, -0.15) is 0 Å². The van der Waals surface area contributed by atoms with E-state index in [2.05, 4.69) is 38.1 Å². The van der Waals surface area contributed by atoms with Gasteiger partial charge in [-0.15, -0.1) is 0 Å². The topological polar surface area (TPSA) is 0 Å². The second-order valence-electron chi connectivity index (χ2n) is 3.13. The maximum absolute atomic E-state index is 3.84. The van der Waals surface area contributed by atoms with Crippen molar-refractivity contribution >= 4 is 0 Å². The zero-order chi connectivity index (χ0) is 8.81. The van der Waals surface area contributed by atoms with Crippen LogP contribution >= 0.6 is 0 Å². The molecule has 0 spiro atoms. The molecule has 0 bridgehead atoms. The fraction of sp³-hybridized carbons (Fsp3) is 0.417. The number of unbranched alkanes of at least 4 members (excludes halogenated alkanes) is 1. The van der Waals surface area contributed by atoms with Crippen LogP contribution in [0.2, 0.25) is 0 Å². The van der Waals surface area contributed by atoms with Crippen molar-refractivity contribution in [2.45, 2.75) is 32.6 Å². The Balaban J connectivity index is 2.60. The molecule has 0 atom stereocenters. The molecule has 0 fully saturated rings. The van der Waals surface area contributed by atoms with E-state index in [0.717, 1.165) is 12.8 Å². The van der Waals surface area contributed by atoms with Crippen molar-refractivity contribution in [3.63, 3.8) is 0 Å². The van der Waals surface area contributed by atoms with Gasteiger partial charge in [0.2, 0.25) is 0 Å². The first-order valence-electron chi connectivity index (χ1n) is 4.74. The third-order valence-corrected chi connectivity index (χ3v) is 2.12. The van der Waals surface area contributed by atoms with E-state index in [0.29, 0.717) is 0 Å². The summed E-state index contributed by atoms with van der Waals surface area (Å²) in [5.74, 6) is 0. The van der Waals surface area contributed by atoms with Gasteiger partial charge in [-0.3, -0.25) is 0 Å². The van der Waals surface area contributed by atoms with Crippen molar-refractivity contribution in [1.29, 1.82) is 0 Å². The number of benzene rings is 1. The van der Waals surface area contributed by atoms with E-state index in [4.69, 9.17) is 0 Å². The van der Waals surface area contributed by atoms with Crippen LogP contribution in [0.3, 0.4) is 0 Å². The highest BCUT2D eigenvalue weighted by Crippen LogP contribution is 2.08. The third kappa shape index (κ3) is 2.69. The second kappa shape index (κ2) is 4.97. The lowest BCUT2D eigenvalue weighted by molar-refractivity contribution is 0.839. The average molecular weight is 161 g/mol. The SMILES string of the molecule is [CH2]CCCc1cccc(CC)c1. The molecule has 1 rings (SSSR count). The van der Waals surface area contributed by atoms with Crippen molar-refractivity contribution in [2.24, 2.45) is 0 Å². The second-order valence-corrected chi connectivity index (χ2v) is 3.13. The molecule has 12 heavy (non-hydrogen) atoms. The summed E-state index contributed by atoms with van der Waals surface area (Å²) in [6, 6.07) is 8.84. The number of hydrogen-bond acceptors (Lipinski definition) is 0. The van der Waals surface area contributed by atoms with Crippen molar-refractivity contribution in [1.82, 2.24) is 0 Å². The third-order valence-electron chi connectivity index (χ3n) is 2.12. The van der Waals surface area contributed by atoms with E-state index in [9.17, 15) is 0 Å². The minimum atomic E-state index is 1.04. The summed E-state index contributed by atoms with van der Waals surface area (Å²) in [5.41, 5.74) is 2.90. The summed E-state index contributed by atoms with van der Waals surface area (Å²) in [6.45, 7) is 6.04. The highest BCUT2D eigenvalue weighted by molar-refractivity contribution is 5.23. The van der Waals surface area contributed by atoms with Gasteiger partial charge < -0.3 is 0 Å². The average Bonchev–Trinajstić information content (AvgIpc) is 2.15. The van der Waals surface area contributed by atoms with Gasteiger partial charge >= 0.3 is 0 Å². The van der Waals surface area contributed by atoms with Gasteiger partial charge in [0.1, 0.15) is 0 Å². The van der Waals surface area contributed by atoms with Crippen LogP contribution in [0.15, 0.2) is 24.3 Å². The lowest BCUT2D eigenvalue weighted by Gasteiger charge is -2.01. The van der Waals surface area contributed by atoms with Crippen LogP contribution < -0.4 is 0 Å². The van der Waals surface area contributed by atoms with Gasteiger partial charge in [0.15, 0.2) is 0 Å². The molecule has 0 heteroatoms. The van der Waals surface area contributed by atoms with Gasteiger partial charge in [-0.1, -0.05) is 44.5 Å². The summed E-state index contributed by atoms with van der Waals surface area (Å²) >= 11 is 0. The van der Waals surface area contributed by atoms with E-state index in [1.165, 1.54) is 24.0 Å². The zero-order valence-electron chi connectivity index (χ0n) is 7.84. The molecule has 0 N–H and O–H groups in total. The molecule has 0 aliphatic heterocycles. The number of aryl methyl sites for hydroxylation is 2. The van der Waals surface area contributed by atoms with Crippen molar-refractivity contribution in [3.05, 3.63) is 42.3 Å². The Labute approximate surface area is 75.6 Å². The van der Waals surface area contributed by atoms with Gasteiger partial charge in [0, 0.05) is 0 Å². The molecule has 0 nitrogen and oxygen atoms in total. The predicted octanol–water partition coefficient (Wildman–Crippen LogP) is 3.41. The van der Waals surface area contributed by atoms with Crippen LogP contribution in [-0.2, 0) is 12.8 Å². The van der Waals surface area contributed by atoms with Crippen molar-refractivity contribution in [2.75, 3.05) is 0 Å². The van der Waals surface area contributed by atoms with Gasteiger partial charge in [-0.25, -0.2) is 0 Å². The number of hydrogen-bond donors (Lipinski definition) is 0. The minimum Gasteiger partial charge on any atom is -0.0617 e. The molecule has 0 unspecified atom stereocenters. The maximum atomic E-state index is 3.84. The number of rotatable bonds is 4. The molecule has 0 saturated heterocycles. The highest BCUT2D eigenvalue weighted by atomic mass is 14.0. The monoisotopic (exact) mass is 161 g/mol. The smallest absolute Gasteiger partial charge is 0.0279 e. The summed E-state index contributed by atoms with van der Waals surface area (Å²) in [5, 5.41) is 0. The molecule has 1 radical (unpaired) electrons. The zero-order valence-corrected chi connectivity index (χ0v) is 7.84. The standard InChI is InChI=1S/C12H17/c1-3-5-7-12-9-6-8-11(4-2)10-12/h6,8-10H,1,3-5,7H2,2H3. The van der Waals surface area contributed by atoms with Gasteiger partial charge in [-0.05, 0) is 30.4 Å². The first-order chi connectivity index (χ1) is 5.86. The van der Waals surface area contributed by atoms with E-state index in [1.54, 1.807) is 0 Å². The van der Waals surface area contributed by atoms with Crippen LogP contribution in [-0.4, -0.2) is 0 Å². The molecular formula is C12H17. The maximum Gasteiger partial charge on any atom is -0.0279 e. The Morgan fingerprint density at radius 2 is 2.00 bits per heavy atom. The van der Waals surface area contributed by atoms with E-state index < -0.39 is 0 Å². The first kappa shape index (κ1) is 9.31. The fourth-order valence-corrected chi connectivity index (χ4v) is 1.33. The summed E-state index contributed by atoms with van der Waals surface area (Å²) in [4.78, 5) is 0. The molecule has 0 aromatic heterocycles. The van der Waals surface area contributed by atoms with Crippen LogP contribution in [0.1, 0.15) is 30.9 Å². The summed E-state index contributed by atoms with van der Waals surface area (Å²) < 4.78 is 0. The molecule has 0 aliphatic carbocycles. The van der Waals surface area contributed by atoms with Crippen molar-refractivity contribution in [3.8, 4) is 0 Å². The van der Waals surface area contributed by atoms with Crippen LogP contribution in [0.4, 0.5) is 0 Å². The van der Waals surface area contributed by atoms with Crippen molar-refractivity contribution < 1.29 is 0 Å². The molecule has 0 heterocycles. The van der Waals surface area contributed by atoms with Crippen LogP contribution in [0.5, 0.6) is 0 Å². The Hall–Kier alpha value is -0.780. The lowest BCUT2D eigenvalue weighted by atomic mass is 10.0. The molecule has 1 aromatic rings. The van der Waals surface area contributed by atoms with Gasteiger partial charge in [0.25, 0.3) is 0 Å². The summed E-state index contributed by atoms with van der Waals surface area (Å²) in [7, 11) is 0. The highest BCUT2D eigenvalue weighted by Gasteiger charge is 1.93. The molecule has 0 amide bonds. The summed E-state index contributed by atoms with van der Waals surface area (Å²) in [6.07, 6.45) is 4.55. The quantitative estimate of drug-likeness (QED) is 0.635. The normalized spacial score (nSPS) is 10.2. The van der Waals surface area contributed by atoms with Gasteiger partial charge in [0.05, 0.1) is 0 Å². The molecule has 0 saturated carbocycles. The minimum absolute atomic E-state index is 1.04. The van der Waals surface area contributed by atoms with Crippen LogP contribution in [0.25, 0.3) is 0 Å². The fourth-order valence-electron chi connectivity index (χ4n) is 1.33. The Morgan fingerprint density at radius 3 is 2.67 bits per heavy atom. The lowest BCUT2D eigenvalue weighted by Crippen LogP contribution is -1.87. The molecule has 1 aromatic carbocycles. The Bertz CT molecular complexity index is 225. The Kier molecular flexibility index (Phi) is 3.86. The molecule has 65 valence electrons.